The van der Waals surface area contributed by atoms with Crippen molar-refractivity contribution in [3.05, 3.63) is 76.9 Å². The van der Waals surface area contributed by atoms with E-state index in [-0.39, 0.29) is 33.9 Å². The van der Waals surface area contributed by atoms with Crippen molar-refractivity contribution in [3.63, 3.8) is 0 Å². The molecule has 47 heavy (non-hydrogen) atoms. The number of methoxy groups -OCH3 is 1. The number of ether oxygens (including phenoxy) is 2. The molecule has 5 rings (SSSR count). The molecule has 16 heteroatoms. The summed E-state index contributed by atoms with van der Waals surface area (Å²) in [5.74, 6) is -2.69. The smallest absolute Gasteiger partial charge is 0.424 e. The van der Waals surface area contributed by atoms with Gasteiger partial charge < -0.3 is 25.2 Å². The minimum absolute atomic E-state index is 0.0666. The maximum absolute atomic E-state index is 14.8. The number of hydrogen-bond acceptors (Lipinski definition) is 8. The summed E-state index contributed by atoms with van der Waals surface area (Å²) >= 11 is 0. The van der Waals surface area contributed by atoms with Gasteiger partial charge in [0, 0.05) is 22.1 Å². The van der Waals surface area contributed by atoms with E-state index in [0.717, 1.165) is 18.2 Å². The number of aromatic nitrogens is 3. The Labute approximate surface area is 263 Å². The highest BCUT2D eigenvalue weighted by Crippen LogP contribution is 2.48. The Morgan fingerprint density at radius 3 is 2.43 bits per heavy atom. The largest absolute Gasteiger partial charge is 0.494 e. The Balaban J connectivity index is 1.59. The van der Waals surface area contributed by atoms with Crippen LogP contribution in [0, 0.1) is 12.7 Å². The second-order valence-electron chi connectivity index (χ2n) is 11.1. The standard InChI is InChI=1S/C31H27F6N5O5/c1-15-8-17-9-18(10-21(46-3)24(17)42-41-15)27(43)39-13-30(45,31(35,36)37)22-11-20-26(25(40-22)16-4-6-19(32)7-5-16)47-14-29(20,2)28(44)38-12-23(33)34/h4-11,23,45H,12-14H2,1-3H3,(H,38,44)(H,39,43)/t29-,30?/m0/s1. The van der Waals surface area contributed by atoms with Gasteiger partial charge in [-0.1, -0.05) is 0 Å². The molecule has 10 nitrogen and oxygen atoms in total. The molecular weight excluding hydrogens is 636 g/mol. The van der Waals surface area contributed by atoms with Gasteiger partial charge in [0.25, 0.3) is 12.3 Å². The maximum atomic E-state index is 14.8. The number of aryl methyl sites for hydroxylation is 1. The zero-order chi connectivity index (χ0) is 34.3. The molecule has 0 aliphatic carbocycles. The molecule has 4 aromatic rings. The van der Waals surface area contributed by atoms with Gasteiger partial charge in [-0.15, -0.1) is 5.10 Å². The van der Waals surface area contributed by atoms with Crippen LogP contribution < -0.4 is 20.1 Å². The van der Waals surface area contributed by atoms with Crippen LogP contribution >= 0.6 is 0 Å². The van der Waals surface area contributed by atoms with Crippen molar-refractivity contribution in [2.45, 2.75) is 37.5 Å². The molecule has 0 saturated heterocycles. The maximum Gasteiger partial charge on any atom is 0.424 e. The molecule has 2 aromatic carbocycles. The predicted octanol–water partition coefficient (Wildman–Crippen LogP) is 4.36. The number of aliphatic hydroxyl groups is 1. The minimum Gasteiger partial charge on any atom is -0.494 e. The average Bonchev–Trinajstić information content (AvgIpc) is 3.38. The first kappa shape index (κ1) is 33.4. The fourth-order valence-electron chi connectivity index (χ4n) is 5.11. The van der Waals surface area contributed by atoms with Gasteiger partial charge in [-0.3, -0.25) is 9.59 Å². The molecule has 1 unspecified atom stereocenters. The molecule has 0 radical (unpaired) electrons. The fraction of sp³-hybridized carbons (Fsp3) is 0.323. The molecule has 248 valence electrons. The summed E-state index contributed by atoms with van der Waals surface area (Å²) in [7, 11) is 1.31. The molecule has 1 aliphatic rings. The van der Waals surface area contributed by atoms with Gasteiger partial charge in [0.1, 0.15) is 40.5 Å². The lowest BCUT2D eigenvalue weighted by Crippen LogP contribution is -2.52. The Morgan fingerprint density at radius 2 is 1.79 bits per heavy atom. The molecule has 2 aromatic heterocycles. The SMILES string of the molecule is COc1cc(C(=O)NCC(O)(c2cc3c(c(-c4ccc(F)cc4)n2)OC[C@]3(C)C(=O)NCC(F)F)C(F)(F)F)cc2cc(C)nnc12. The van der Waals surface area contributed by atoms with Crippen molar-refractivity contribution >= 4 is 22.7 Å². The lowest BCUT2D eigenvalue weighted by atomic mass is 9.81. The fourth-order valence-corrected chi connectivity index (χ4v) is 5.11. The summed E-state index contributed by atoms with van der Waals surface area (Å²) in [6, 6.07) is 9.42. The summed E-state index contributed by atoms with van der Waals surface area (Å²) in [4.78, 5) is 30.3. The van der Waals surface area contributed by atoms with Gasteiger partial charge >= 0.3 is 6.18 Å². The summed E-state index contributed by atoms with van der Waals surface area (Å²) in [6.07, 6.45) is -8.37. The Morgan fingerprint density at radius 1 is 1.09 bits per heavy atom. The number of amides is 2. The highest BCUT2D eigenvalue weighted by atomic mass is 19.4. The van der Waals surface area contributed by atoms with E-state index in [1.165, 1.54) is 38.3 Å². The zero-order valence-electron chi connectivity index (χ0n) is 25.0. The third-order valence-electron chi connectivity index (χ3n) is 7.76. The summed E-state index contributed by atoms with van der Waals surface area (Å²) in [5, 5.41) is 23.8. The third-order valence-corrected chi connectivity index (χ3v) is 7.76. The molecule has 2 atom stereocenters. The van der Waals surface area contributed by atoms with Crippen LogP contribution in [-0.2, 0) is 15.8 Å². The second kappa shape index (κ2) is 12.3. The number of fused-ring (bicyclic) bond motifs is 2. The zero-order valence-corrected chi connectivity index (χ0v) is 25.0. The van der Waals surface area contributed by atoms with Crippen molar-refractivity contribution in [2.75, 3.05) is 26.8 Å². The third kappa shape index (κ3) is 6.24. The van der Waals surface area contributed by atoms with Crippen molar-refractivity contribution in [2.24, 2.45) is 0 Å². The molecule has 0 spiro atoms. The van der Waals surface area contributed by atoms with Gasteiger partial charge in [0.15, 0.2) is 0 Å². The van der Waals surface area contributed by atoms with E-state index in [0.29, 0.717) is 16.6 Å². The van der Waals surface area contributed by atoms with Crippen molar-refractivity contribution in [1.82, 2.24) is 25.8 Å². The molecule has 1 aliphatic heterocycles. The van der Waals surface area contributed by atoms with E-state index in [1.807, 2.05) is 5.32 Å². The minimum atomic E-state index is -5.46. The van der Waals surface area contributed by atoms with Gasteiger partial charge in [-0.25, -0.2) is 18.2 Å². The lowest BCUT2D eigenvalue weighted by molar-refractivity contribution is -0.265. The summed E-state index contributed by atoms with van der Waals surface area (Å²) in [6.45, 7) is -0.0156. The lowest BCUT2D eigenvalue weighted by Gasteiger charge is -2.31. The first-order valence-corrected chi connectivity index (χ1v) is 14.0. The van der Waals surface area contributed by atoms with E-state index in [4.69, 9.17) is 9.47 Å². The van der Waals surface area contributed by atoms with Gasteiger partial charge in [-0.2, -0.15) is 18.3 Å². The topological polar surface area (TPSA) is 136 Å². The van der Waals surface area contributed by atoms with E-state index >= 15 is 0 Å². The van der Waals surface area contributed by atoms with Gasteiger partial charge in [0.05, 0.1) is 31.6 Å². The number of benzene rings is 2. The van der Waals surface area contributed by atoms with Gasteiger partial charge in [0.2, 0.25) is 11.5 Å². The van der Waals surface area contributed by atoms with Crippen molar-refractivity contribution in [3.8, 4) is 22.8 Å². The Bertz CT molecular complexity index is 1860. The quantitative estimate of drug-likeness (QED) is 0.225. The second-order valence-corrected chi connectivity index (χ2v) is 11.1. The number of nitrogens with one attached hydrogen (secondary N) is 2. The molecule has 0 bridgehead atoms. The van der Waals surface area contributed by atoms with Gasteiger partial charge in [-0.05, 0) is 62.4 Å². The number of halogens is 6. The van der Waals surface area contributed by atoms with Crippen LogP contribution in [0.3, 0.4) is 0 Å². The van der Waals surface area contributed by atoms with Crippen molar-refractivity contribution < 1.29 is 50.5 Å². The van der Waals surface area contributed by atoms with Crippen LogP contribution in [0.15, 0.2) is 48.5 Å². The number of hydrogen-bond donors (Lipinski definition) is 3. The van der Waals surface area contributed by atoms with Crippen LogP contribution in [0.1, 0.15) is 34.2 Å². The van der Waals surface area contributed by atoms with Crippen LogP contribution in [0.25, 0.3) is 22.2 Å². The van der Waals surface area contributed by atoms with Crippen molar-refractivity contribution in [1.29, 1.82) is 0 Å². The van der Waals surface area contributed by atoms with Crippen LogP contribution in [-0.4, -0.2) is 71.5 Å². The number of alkyl halides is 5. The van der Waals surface area contributed by atoms with Crippen LogP contribution in [0.4, 0.5) is 26.3 Å². The number of rotatable bonds is 9. The Hall–Kier alpha value is -4.99. The highest BCUT2D eigenvalue weighted by Gasteiger charge is 2.58. The van der Waals surface area contributed by atoms with Crippen LogP contribution in [0.2, 0.25) is 0 Å². The molecule has 2 amide bonds. The molecule has 0 fully saturated rings. The predicted molar refractivity (Wildman–Crippen MR) is 155 cm³/mol. The monoisotopic (exact) mass is 663 g/mol. The molecule has 3 heterocycles. The number of pyridine rings is 1. The number of carbonyl (C=O) groups excluding carboxylic acids is 2. The molecular formula is C31H27F6N5O5. The summed E-state index contributed by atoms with van der Waals surface area (Å²) in [5.41, 5.74) is -6.40. The molecule has 0 saturated carbocycles. The number of carbonyl (C=O) groups is 2. The van der Waals surface area contributed by atoms with E-state index < -0.39 is 66.6 Å². The first-order chi connectivity index (χ1) is 22.1. The first-order valence-electron chi connectivity index (χ1n) is 14.0. The average molecular weight is 664 g/mol. The Kier molecular flexibility index (Phi) is 8.75. The summed E-state index contributed by atoms with van der Waals surface area (Å²) < 4.78 is 94.8. The van der Waals surface area contributed by atoms with E-state index in [1.54, 1.807) is 13.0 Å². The normalized spacial score (nSPS) is 17.2. The highest BCUT2D eigenvalue weighted by molar-refractivity contribution is 6.00. The molecule has 3 N–H and O–H groups in total. The number of nitrogens with zero attached hydrogens (tertiary/aromatic N) is 3. The van der Waals surface area contributed by atoms with E-state index in [9.17, 15) is 41.0 Å². The van der Waals surface area contributed by atoms with E-state index in [2.05, 4.69) is 20.5 Å². The van der Waals surface area contributed by atoms with Crippen LogP contribution in [0.5, 0.6) is 11.5 Å².